The second kappa shape index (κ2) is 11.4. The highest BCUT2D eigenvalue weighted by molar-refractivity contribution is 6.32. The molecule has 0 aliphatic heterocycles. The van der Waals surface area contributed by atoms with Gasteiger partial charge in [-0.2, -0.15) is 0 Å². The molecule has 0 saturated carbocycles. The van der Waals surface area contributed by atoms with Crippen LogP contribution in [-0.4, -0.2) is 24.0 Å². The Morgan fingerprint density at radius 3 is 2.43 bits per heavy atom. The number of ether oxygens (including phenoxy) is 2. The van der Waals surface area contributed by atoms with Gasteiger partial charge in [0.1, 0.15) is 5.75 Å². The number of carbonyl (C=O) groups is 2. The Balaban J connectivity index is 1.42. The average Bonchev–Trinajstić information content (AvgIpc) is 3.36. The lowest BCUT2D eigenvalue weighted by Gasteiger charge is -2.18. The highest BCUT2D eigenvalue weighted by Gasteiger charge is 2.25. The SMILES string of the molecule is COc1ccc(NC(=O)C(OC(=O)CCc2ncc(-c3ccccc3)o2)c2ccccc2)cc1Cl. The van der Waals surface area contributed by atoms with Crippen LogP contribution >= 0.6 is 11.6 Å². The van der Waals surface area contributed by atoms with E-state index in [1.54, 1.807) is 48.7 Å². The summed E-state index contributed by atoms with van der Waals surface area (Å²) in [7, 11) is 1.51. The molecule has 1 heterocycles. The number of amides is 1. The fraction of sp³-hybridized carbons (Fsp3) is 0.148. The number of nitrogens with zero attached hydrogens (tertiary/aromatic N) is 1. The Morgan fingerprint density at radius 2 is 1.74 bits per heavy atom. The molecule has 1 atom stereocenters. The third-order valence-corrected chi connectivity index (χ3v) is 5.46. The molecule has 7 nitrogen and oxygen atoms in total. The summed E-state index contributed by atoms with van der Waals surface area (Å²) in [6.45, 7) is 0. The molecule has 0 aliphatic rings. The van der Waals surface area contributed by atoms with Crippen molar-refractivity contribution in [1.82, 2.24) is 4.98 Å². The molecule has 4 aromatic rings. The summed E-state index contributed by atoms with van der Waals surface area (Å²) in [4.78, 5) is 30.0. The lowest BCUT2D eigenvalue weighted by Crippen LogP contribution is -2.26. The van der Waals surface area contributed by atoms with Crippen LogP contribution in [0.4, 0.5) is 5.69 Å². The lowest BCUT2D eigenvalue weighted by molar-refractivity contribution is -0.154. The average molecular weight is 491 g/mol. The van der Waals surface area contributed by atoms with Gasteiger partial charge < -0.3 is 19.2 Å². The van der Waals surface area contributed by atoms with E-state index >= 15 is 0 Å². The monoisotopic (exact) mass is 490 g/mol. The number of aromatic nitrogens is 1. The van der Waals surface area contributed by atoms with Crippen molar-refractivity contribution in [3.05, 3.63) is 102 Å². The van der Waals surface area contributed by atoms with Gasteiger partial charge in [0.25, 0.3) is 5.91 Å². The molecule has 35 heavy (non-hydrogen) atoms. The molecular formula is C27H23ClN2O5. The van der Waals surface area contributed by atoms with E-state index in [1.165, 1.54) is 7.11 Å². The van der Waals surface area contributed by atoms with Crippen molar-refractivity contribution in [3.8, 4) is 17.1 Å². The number of esters is 1. The Hall–Kier alpha value is -4.10. The fourth-order valence-electron chi connectivity index (χ4n) is 3.41. The van der Waals surface area contributed by atoms with Gasteiger partial charge in [-0.15, -0.1) is 0 Å². The zero-order valence-electron chi connectivity index (χ0n) is 18.9. The molecule has 1 N–H and O–H groups in total. The number of oxazole rings is 1. The van der Waals surface area contributed by atoms with Crippen molar-refractivity contribution in [2.75, 3.05) is 12.4 Å². The van der Waals surface area contributed by atoms with E-state index < -0.39 is 18.0 Å². The van der Waals surface area contributed by atoms with Crippen molar-refractivity contribution in [2.45, 2.75) is 18.9 Å². The van der Waals surface area contributed by atoms with Crippen molar-refractivity contribution in [2.24, 2.45) is 0 Å². The maximum Gasteiger partial charge on any atom is 0.307 e. The van der Waals surface area contributed by atoms with Crippen molar-refractivity contribution < 1.29 is 23.5 Å². The molecule has 0 saturated heterocycles. The zero-order chi connectivity index (χ0) is 24.6. The first kappa shape index (κ1) is 24.0. The van der Waals surface area contributed by atoms with Gasteiger partial charge in [0, 0.05) is 23.2 Å². The van der Waals surface area contributed by atoms with E-state index in [4.69, 9.17) is 25.5 Å². The van der Waals surface area contributed by atoms with Crippen molar-refractivity contribution in [3.63, 3.8) is 0 Å². The van der Waals surface area contributed by atoms with Gasteiger partial charge >= 0.3 is 5.97 Å². The minimum absolute atomic E-state index is 0.000277. The minimum Gasteiger partial charge on any atom is -0.495 e. The summed E-state index contributed by atoms with van der Waals surface area (Å²) in [5.41, 5.74) is 1.89. The molecule has 0 fully saturated rings. The van der Waals surface area contributed by atoms with E-state index in [-0.39, 0.29) is 12.8 Å². The van der Waals surface area contributed by atoms with E-state index in [0.717, 1.165) is 5.56 Å². The number of rotatable bonds is 9. The first-order valence-electron chi connectivity index (χ1n) is 10.9. The Morgan fingerprint density at radius 1 is 1.03 bits per heavy atom. The van der Waals surface area contributed by atoms with Gasteiger partial charge in [0.2, 0.25) is 6.10 Å². The smallest absolute Gasteiger partial charge is 0.307 e. The number of aryl methyl sites for hydroxylation is 1. The van der Waals surface area contributed by atoms with Crippen LogP contribution in [0.15, 0.2) is 89.5 Å². The molecule has 1 aromatic heterocycles. The van der Waals surface area contributed by atoms with Crippen LogP contribution in [-0.2, 0) is 20.7 Å². The molecule has 0 aliphatic carbocycles. The number of halogens is 1. The Labute approximate surface area is 207 Å². The molecule has 8 heteroatoms. The van der Waals surface area contributed by atoms with Crippen LogP contribution in [0.5, 0.6) is 5.75 Å². The van der Waals surface area contributed by atoms with Crippen LogP contribution < -0.4 is 10.1 Å². The van der Waals surface area contributed by atoms with Crippen molar-refractivity contribution >= 4 is 29.2 Å². The fourth-order valence-corrected chi connectivity index (χ4v) is 3.67. The maximum absolute atomic E-state index is 13.1. The molecule has 178 valence electrons. The van der Waals surface area contributed by atoms with Crippen LogP contribution in [0, 0.1) is 0 Å². The predicted octanol–water partition coefficient (Wildman–Crippen LogP) is 5.86. The summed E-state index contributed by atoms with van der Waals surface area (Å²) in [6, 6.07) is 23.2. The molecule has 0 radical (unpaired) electrons. The lowest BCUT2D eigenvalue weighted by atomic mass is 10.1. The summed E-state index contributed by atoms with van der Waals surface area (Å²) >= 11 is 6.16. The summed E-state index contributed by atoms with van der Waals surface area (Å²) in [5, 5.41) is 3.09. The number of hydrogen-bond donors (Lipinski definition) is 1. The molecule has 1 unspecified atom stereocenters. The highest BCUT2D eigenvalue weighted by Crippen LogP contribution is 2.28. The maximum atomic E-state index is 13.1. The number of carbonyl (C=O) groups excluding carboxylic acids is 2. The summed E-state index contributed by atoms with van der Waals surface area (Å²) < 4.78 is 16.5. The number of methoxy groups -OCH3 is 1. The molecule has 4 rings (SSSR count). The van der Waals surface area contributed by atoms with Crippen LogP contribution in [0.1, 0.15) is 24.0 Å². The predicted molar refractivity (Wildman–Crippen MR) is 132 cm³/mol. The molecular weight excluding hydrogens is 468 g/mol. The normalized spacial score (nSPS) is 11.5. The molecule has 1 amide bonds. The first-order valence-corrected chi connectivity index (χ1v) is 11.3. The third kappa shape index (κ3) is 6.28. The standard InChI is InChI=1S/C27H23ClN2O5/c1-33-22-13-12-20(16-21(22)28)30-27(32)26(19-10-6-3-7-11-19)35-25(31)15-14-24-29-17-23(34-24)18-8-4-2-5-9-18/h2-13,16-17,26H,14-15H2,1H3,(H,30,32). The van der Waals surface area contributed by atoms with E-state index in [2.05, 4.69) is 10.3 Å². The van der Waals surface area contributed by atoms with Crippen molar-refractivity contribution in [1.29, 1.82) is 0 Å². The van der Waals surface area contributed by atoms with Crippen LogP contribution in [0.3, 0.4) is 0 Å². The molecule has 0 bridgehead atoms. The van der Waals surface area contributed by atoms with Crippen LogP contribution in [0.2, 0.25) is 5.02 Å². The second-order valence-corrected chi connectivity index (χ2v) is 8.01. The van der Waals surface area contributed by atoms with E-state index in [1.807, 2.05) is 36.4 Å². The third-order valence-electron chi connectivity index (χ3n) is 5.16. The Kier molecular flexibility index (Phi) is 7.80. The first-order chi connectivity index (χ1) is 17.0. The summed E-state index contributed by atoms with van der Waals surface area (Å²) in [5.74, 6) is 0.454. The van der Waals surface area contributed by atoms with E-state index in [9.17, 15) is 9.59 Å². The highest BCUT2D eigenvalue weighted by atomic mass is 35.5. The number of hydrogen-bond acceptors (Lipinski definition) is 6. The number of nitrogens with one attached hydrogen (secondary N) is 1. The molecule has 0 spiro atoms. The van der Waals surface area contributed by atoms with Gasteiger partial charge in [-0.3, -0.25) is 9.59 Å². The van der Waals surface area contributed by atoms with Gasteiger partial charge in [0.15, 0.2) is 11.7 Å². The second-order valence-electron chi connectivity index (χ2n) is 7.60. The number of anilines is 1. The summed E-state index contributed by atoms with van der Waals surface area (Å²) in [6.07, 6.45) is 0.716. The number of benzene rings is 3. The zero-order valence-corrected chi connectivity index (χ0v) is 19.7. The molecule has 3 aromatic carbocycles. The quantitative estimate of drug-likeness (QED) is 0.295. The Bertz CT molecular complexity index is 1290. The van der Waals surface area contributed by atoms with E-state index in [0.29, 0.717) is 33.7 Å². The van der Waals surface area contributed by atoms with Gasteiger partial charge in [-0.05, 0) is 18.2 Å². The topological polar surface area (TPSA) is 90.7 Å². The van der Waals surface area contributed by atoms with Crippen LogP contribution in [0.25, 0.3) is 11.3 Å². The van der Waals surface area contributed by atoms with Gasteiger partial charge in [-0.1, -0.05) is 72.3 Å². The van der Waals surface area contributed by atoms with Gasteiger partial charge in [0.05, 0.1) is 24.8 Å². The van der Waals surface area contributed by atoms with Gasteiger partial charge in [-0.25, -0.2) is 4.98 Å². The minimum atomic E-state index is -1.14. The largest absolute Gasteiger partial charge is 0.495 e.